The van der Waals surface area contributed by atoms with Crippen LogP contribution in [0, 0.1) is 20.8 Å². The molecule has 152 valence electrons. The van der Waals surface area contributed by atoms with Gasteiger partial charge in [0.05, 0.1) is 15.5 Å². The van der Waals surface area contributed by atoms with Gasteiger partial charge in [-0.25, -0.2) is 13.4 Å². The molecular weight excluding hydrogens is 412 g/mol. The van der Waals surface area contributed by atoms with Crippen molar-refractivity contribution in [3.63, 3.8) is 0 Å². The van der Waals surface area contributed by atoms with Gasteiger partial charge in [-0.1, -0.05) is 29.3 Å². The molecule has 0 fully saturated rings. The third-order valence-electron chi connectivity index (χ3n) is 4.81. The van der Waals surface area contributed by atoms with E-state index in [1.165, 1.54) is 17.4 Å². The van der Waals surface area contributed by atoms with Gasteiger partial charge in [0.2, 0.25) is 0 Å². The Morgan fingerprint density at radius 3 is 2.07 bits per heavy atom. The molecule has 0 aliphatic heterocycles. The number of aryl methyl sites for hydroxylation is 3. The van der Waals surface area contributed by atoms with E-state index in [0.29, 0.717) is 4.90 Å². The number of nitrogens with zero attached hydrogens (tertiary/aromatic N) is 2. The van der Waals surface area contributed by atoms with Crippen LogP contribution in [0.15, 0.2) is 65.7 Å². The van der Waals surface area contributed by atoms with Crippen LogP contribution < -0.4 is 0 Å². The zero-order valence-electron chi connectivity index (χ0n) is 17.3. The first-order valence-corrected chi connectivity index (χ1v) is 12.2. The quantitative estimate of drug-likeness (QED) is 0.403. The topological polar surface area (TPSA) is 59.9 Å². The van der Waals surface area contributed by atoms with Crippen molar-refractivity contribution < 1.29 is 8.42 Å². The zero-order valence-corrected chi connectivity index (χ0v) is 18.9. The van der Waals surface area contributed by atoms with Crippen molar-refractivity contribution in [1.82, 2.24) is 9.97 Å². The number of sulfone groups is 1. The predicted molar refractivity (Wildman–Crippen MR) is 124 cm³/mol. The second-order valence-electron chi connectivity index (χ2n) is 7.56. The summed E-state index contributed by atoms with van der Waals surface area (Å²) >= 11 is 1.61. The van der Waals surface area contributed by atoms with Crippen molar-refractivity contribution >= 4 is 21.2 Å². The molecule has 0 atom stereocenters. The average molecular weight is 435 g/mol. The van der Waals surface area contributed by atoms with Gasteiger partial charge in [-0.05, 0) is 62.7 Å². The SMILES string of the molecule is Cc1cc(C)cc(-c2nc(-c3ccc(S(C)(=O)=O)cc3)sc2-c2ccnc(C)c2)c1. The molecule has 2 aromatic heterocycles. The molecule has 2 heterocycles. The molecule has 0 aliphatic carbocycles. The summed E-state index contributed by atoms with van der Waals surface area (Å²) in [6.45, 7) is 6.15. The second kappa shape index (κ2) is 7.78. The number of hydrogen-bond donors (Lipinski definition) is 0. The normalized spacial score (nSPS) is 11.6. The smallest absolute Gasteiger partial charge is 0.175 e. The molecule has 0 N–H and O–H groups in total. The minimum absolute atomic E-state index is 0.308. The van der Waals surface area contributed by atoms with Crippen molar-refractivity contribution in [3.8, 4) is 32.3 Å². The van der Waals surface area contributed by atoms with Crippen molar-refractivity contribution in [3.05, 3.63) is 77.6 Å². The fourth-order valence-electron chi connectivity index (χ4n) is 3.48. The van der Waals surface area contributed by atoms with E-state index in [2.05, 4.69) is 43.1 Å². The molecule has 30 heavy (non-hydrogen) atoms. The van der Waals surface area contributed by atoms with Crippen LogP contribution in [0.4, 0.5) is 0 Å². The van der Waals surface area contributed by atoms with Gasteiger partial charge in [0.25, 0.3) is 0 Å². The van der Waals surface area contributed by atoms with Crippen LogP contribution in [0.2, 0.25) is 0 Å². The molecule has 0 amide bonds. The standard InChI is InChI=1S/C24H22N2O2S2/c1-15-11-16(2)13-20(12-15)22-23(19-9-10-25-17(3)14-19)29-24(26-22)18-5-7-21(8-6-18)30(4,27)28/h5-14H,1-4H3. The van der Waals surface area contributed by atoms with Gasteiger partial charge in [-0.2, -0.15) is 0 Å². The lowest BCUT2D eigenvalue weighted by molar-refractivity contribution is 0.602. The Bertz CT molecular complexity index is 1320. The lowest BCUT2D eigenvalue weighted by Gasteiger charge is -2.06. The molecule has 2 aromatic carbocycles. The van der Waals surface area contributed by atoms with Crippen LogP contribution in [0.3, 0.4) is 0 Å². The van der Waals surface area contributed by atoms with Gasteiger partial charge in [0.15, 0.2) is 9.84 Å². The fourth-order valence-corrected chi connectivity index (χ4v) is 5.20. The molecule has 0 spiro atoms. The van der Waals surface area contributed by atoms with Gasteiger partial charge in [0.1, 0.15) is 5.01 Å². The van der Waals surface area contributed by atoms with Gasteiger partial charge in [-0.15, -0.1) is 11.3 Å². The highest BCUT2D eigenvalue weighted by molar-refractivity contribution is 7.90. The van der Waals surface area contributed by atoms with Gasteiger partial charge >= 0.3 is 0 Å². The van der Waals surface area contributed by atoms with Crippen LogP contribution in [0.25, 0.3) is 32.3 Å². The number of hydrogen-bond acceptors (Lipinski definition) is 5. The summed E-state index contributed by atoms with van der Waals surface area (Å²) in [6.07, 6.45) is 3.03. The monoisotopic (exact) mass is 434 g/mol. The van der Waals surface area contributed by atoms with E-state index in [1.807, 2.05) is 31.3 Å². The fraction of sp³-hybridized carbons (Fsp3) is 0.167. The van der Waals surface area contributed by atoms with E-state index in [-0.39, 0.29) is 0 Å². The summed E-state index contributed by atoms with van der Waals surface area (Å²) in [6, 6.07) is 17.4. The van der Waals surface area contributed by atoms with Gasteiger partial charge in [-0.3, -0.25) is 4.98 Å². The summed E-state index contributed by atoms with van der Waals surface area (Å²) in [5.74, 6) is 0. The highest BCUT2D eigenvalue weighted by Gasteiger charge is 2.17. The second-order valence-corrected chi connectivity index (χ2v) is 10.6. The molecule has 0 radical (unpaired) electrons. The molecule has 0 saturated carbocycles. The number of aromatic nitrogens is 2. The summed E-state index contributed by atoms with van der Waals surface area (Å²) in [4.78, 5) is 10.7. The highest BCUT2D eigenvalue weighted by atomic mass is 32.2. The van der Waals surface area contributed by atoms with E-state index in [1.54, 1.807) is 23.5 Å². The lowest BCUT2D eigenvalue weighted by Crippen LogP contribution is -1.96. The van der Waals surface area contributed by atoms with E-state index >= 15 is 0 Å². The summed E-state index contributed by atoms with van der Waals surface area (Å²) in [7, 11) is -3.23. The van der Waals surface area contributed by atoms with Crippen molar-refractivity contribution in [2.24, 2.45) is 0 Å². The molecule has 6 heteroatoms. The third kappa shape index (κ3) is 4.20. The molecule has 4 aromatic rings. The molecule has 4 rings (SSSR count). The van der Waals surface area contributed by atoms with Gasteiger partial charge in [0, 0.05) is 29.3 Å². The molecule has 0 saturated heterocycles. The maximum absolute atomic E-state index is 11.8. The van der Waals surface area contributed by atoms with Crippen LogP contribution in [-0.2, 0) is 9.84 Å². The Morgan fingerprint density at radius 1 is 0.800 bits per heavy atom. The first-order valence-electron chi connectivity index (χ1n) is 9.54. The number of pyridine rings is 1. The summed E-state index contributed by atoms with van der Waals surface area (Å²) in [5.41, 5.74) is 7.31. The van der Waals surface area contributed by atoms with E-state index in [4.69, 9.17) is 4.98 Å². The lowest BCUT2D eigenvalue weighted by atomic mass is 10.0. The maximum Gasteiger partial charge on any atom is 0.175 e. The Morgan fingerprint density at radius 2 is 1.47 bits per heavy atom. The maximum atomic E-state index is 11.8. The first-order chi connectivity index (χ1) is 14.2. The Labute approximate surface area is 181 Å². The Hall–Kier alpha value is -2.83. The van der Waals surface area contributed by atoms with Crippen molar-refractivity contribution in [2.45, 2.75) is 25.7 Å². The van der Waals surface area contributed by atoms with E-state index in [0.717, 1.165) is 38.0 Å². The molecule has 4 nitrogen and oxygen atoms in total. The molecule has 0 aliphatic rings. The number of rotatable bonds is 4. The van der Waals surface area contributed by atoms with Crippen LogP contribution in [0.1, 0.15) is 16.8 Å². The van der Waals surface area contributed by atoms with Crippen LogP contribution in [0.5, 0.6) is 0 Å². The zero-order chi connectivity index (χ0) is 21.5. The van der Waals surface area contributed by atoms with E-state index < -0.39 is 9.84 Å². The predicted octanol–water partition coefficient (Wildman–Crippen LogP) is 5.87. The Kier molecular flexibility index (Phi) is 5.30. The van der Waals surface area contributed by atoms with Gasteiger partial charge < -0.3 is 0 Å². The number of thiazole rings is 1. The molecule has 0 bridgehead atoms. The Balaban J connectivity index is 1.90. The van der Waals surface area contributed by atoms with Crippen LogP contribution in [-0.4, -0.2) is 24.6 Å². The molecule has 0 unspecified atom stereocenters. The summed E-state index contributed by atoms with van der Waals surface area (Å²) < 4.78 is 23.6. The molecular formula is C24H22N2O2S2. The minimum Gasteiger partial charge on any atom is -0.262 e. The van der Waals surface area contributed by atoms with Crippen LogP contribution >= 0.6 is 11.3 Å². The summed E-state index contributed by atoms with van der Waals surface area (Å²) in [5, 5.41) is 0.855. The average Bonchev–Trinajstić information content (AvgIpc) is 3.12. The van der Waals surface area contributed by atoms with E-state index in [9.17, 15) is 8.42 Å². The number of benzene rings is 2. The van der Waals surface area contributed by atoms with Crippen molar-refractivity contribution in [2.75, 3.05) is 6.26 Å². The highest BCUT2D eigenvalue weighted by Crippen LogP contribution is 2.41. The third-order valence-corrected chi connectivity index (χ3v) is 7.09. The van der Waals surface area contributed by atoms with Crippen molar-refractivity contribution in [1.29, 1.82) is 0 Å². The minimum atomic E-state index is -3.23. The largest absolute Gasteiger partial charge is 0.262 e. The first kappa shape index (κ1) is 20.4.